The maximum absolute atomic E-state index is 12.9. The summed E-state index contributed by atoms with van der Waals surface area (Å²) in [7, 11) is 1.56. The molecule has 2 aliphatic heterocycles. The SMILES string of the molecule is COc1ccccc1C(=O)N1CCN(C(=O)c2ccc(N3CCOCC3)cc2)CC1. The molecule has 0 unspecified atom stereocenters. The molecule has 7 nitrogen and oxygen atoms in total. The van der Waals surface area contributed by atoms with Crippen LogP contribution < -0.4 is 9.64 Å². The Balaban J connectivity index is 1.35. The summed E-state index contributed by atoms with van der Waals surface area (Å²) in [6, 6.07) is 15.0. The Morgan fingerprint density at radius 1 is 0.800 bits per heavy atom. The van der Waals surface area contributed by atoms with Crippen LogP contribution in [-0.4, -0.2) is 81.2 Å². The van der Waals surface area contributed by atoms with E-state index < -0.39 is 0 Å². The highest BCUT2D eigenvalue weighted by molar-refractivity contribution is 5.97. The van der Waals surface area contributed by atoms with Crippen molar-refractivity contribution in [3.05, 3.63) is 59.7 Å². The first-order valence-electron chi connectivity index (χ1n) is 10.3. The number of rotatable bonds is 4. The molecule has 30 heavy (non-hydrogen) atoms. The minimum absolute atomic E-state index is 0.00733. The van der Waals surface area contributed by atoms with Gasteiger partial charge in [0.15, 0.2) is 0 Å². The van der Waals surface area contributed by atoms with E-state index in [1.807, 2.05) is 41.3 Å². The molecule has 2 saturated heterocycles. The lowest BCUT2D eigenvalue weighted by Gasteiger charge is -2.35. The molecule has 2 amide bonds. The number of piperazine rings is 1. The summed E-state index contributed by atoms with van der Waals surface area (Å²) in [5.41, 5.74) is 2.34. The van der Waals surface area contributed by atoms with Gasteiger partial charge in [-0.15, -0.1) is 0 Å². The topological polar surface area (TPSA) is 62.3 Å². The molecule has 0 N–H and O–H groups in total. The molecule has 2 fully saturated rings. The minimum Gasteiger partial charge on any atom is -0.496 e. The fourth-order valence-corrected chi connectivity index (χ4v) is 3.92. The van der Waals surface area contributed by atoms with E-state index in [1.165, 1.54) is 0 Å². The zero-order chi connectivity index (χ0) is 20.9. The number of anilines is 1. The Morgan fingerprint density at radius 2 is 1.40 bits per heavy atom. The van der Waals surface area contributed by atoms with E-state index in [2.05, 4.69) is 4.90 Å². The quantitative estimate of drug-likeness (QED) is 0.774. The molecule has 0 radical (unpaired) electrons. The van der Waals surface area contributed by atoms with Crippen molar-refractivity contribution >= 4 is 17.5 Å². The van der Waals surface area contributed by atoms with Gasteiger partial charge >= 0.3 is 0 Å². The van der Waals surface area contributed by atoms with Gasteiger partial charge in [-0.25, -0.2) is 0 Å². The maximum Gasteiger partial charge on any atom is 0.257 e. The van der Waals surface area contributed by atoms with Gasteiger partial charge in [-0.3, -0.25) is 9.59 Å². The number of amides is 2. The van der Waals surface area contributed by atoms with Crippen LogP contribution in [0.3, 0.4) is 0 Å². The van der Waals surface area contributed by atoms with Crippen molar-refractivity contribution in [1.29, 1.82) is 0 Å². The van der Waals surface area contributed by atoms with Crippen LogP contribution in [0.4, 0.5) is 5.69 Å². The zero-order valence-electron chi connectivity index (χ0n) is 17.3. The first-order chi connectivity index (χ1) is 14.7. The number of benzene rings is 2. The van der Waals surface area contributed by atoms with Crippen LogP contribution in [0.1, 0.15) is 20.7 Å². The summed E-state index contributed by atoms with van der Waals surface area (Å²) >= 11 is 0. The van der Waals surface area contributed by atoms with Crippen LogP contribution >= 0.6 is 0 Å². The summed E-state index contributed by atoms with van der Waals surface area (Å²) in [6.07, 6.45) is 0. The number of hydrogen-bond acceptors (Lipinski definition) is 5. The molecule has 0 bridgehead atoms. The number of ether oxygens (including phenoxy) is 2. The van der Waals surface area contributed by atoms with Crippen molar-refractivity contribution in [2.24, 2.45) is 0 Å². The molecular formula is C23H27N3O4. The molecule has 0 spiro atoms. The molecule has 0 saturated carbocycles. The lowest BCUT2D eigenvalue weighted by molar-refractivity contribution is 0.0533. The third-order valence-corrected chi connectivity index (χ3v) is 5.68. The Morgan fingerprint density at radius 3 is 2.03 bits per heavy atom. The predicted octanol–water partition coefficient (Wildman–Crippen LogP) is 2.13. The van der Waals surface area contributed by atoms with E-state index in [4.69, 9.17) is 9.47 Å². The smallest absolute Gasteiger partial charge is 0.257 e. The lowest BCUT2D eigenvalue weighted by Crippen LogP contribution is -2.50. The number of hydrogen-bond donors (Lipinski definition) is 0. The van der Waals surface area contributed by atoms with E-state index in [0.29, 0.717) is 43.1 Å². The van der Waals surface area contributed by atoms with E-state index >= 15 is 0 Å². The number of nitrogens with zero attached hydrogens (tertiary/aromatic N) is 3. The number of para-hydroxylation sites is 1. The van der Waals surface area contributed by atoms with E-state index in [1.54, 1.807) is 24.1 Å². The third-order valence-electron chi connectivity index (χ3n) is 5.68. The van der Waals surface area contributed by atoms with Crippen LogP contribution in [0.25, 0.3) is 0 Å². The summed E-state index contributed by atoms with van der Waals surface area (Å²) in [5, 5.41) is 0. The van der Waals surface area contributed by atoms with Crippen LogP contribution in [0.2, 0.25) is 0 Å². The second-order valence-corrected chi connectivity index (χ2v) is 7.43. The number of morpholine rings is 1. The van der Waals surface area contributed by atoms with Gasteiger partial charge in [-0.1, -0.05) is 12.1 Å². The monoisotopic (exact) mass is 409 g/mol. The molecule has 4 rings (SSSR count). The summed E-state index contributed by atoms with van der Waals surface area (Å²) in [5.74, 6) is 0.517. The minimum atomic E-state index is -0.0607. The Hall–Kier alpha value is -3.06. The average Bonchev–Trinajstić information content (AvgIpc) is 2.84. The molecule has 2 aromatic rings. The van der Waals surface area contributed by atoms with Crippen molar-refractivity contribution in [3.8, 4) is 5.75 Å². The van der Waals surface area contributed by atoms with Gasteiger partial charge in [-0.05, 0) is 36.4 Å². The first kappa shape index (κ1) is 20.2. The Labute approximate surface area is 176 Å². The molecule has 7 heteroatoms. The van der Waals surface area contributed by atoms with Gasteiger partial charge in [0.05, 0.1) is 25.9 Å². The molecule has 0 aliphatic carbocycles. The van der Waals surface area contributed by atoms with Gasteiger partial charge in [0, 0.05) is 50.5 Å². The lowest BCUT2D eigenvalue weighted by atomic mass is 10.1. The second-order valence-electron chi connectivity index (χ2n) is 7.43. The van der Waals surface area contributed by atoms with Crippen LogP contribution in [-0.2, 0) is 4.74 Å². The van der Waals surface area contributed by atoms with E-state index in [9.17, 15) is 9.59 Å². The zero-order valence-corrected chi connectivity index (χ0v) is 17.3. The predicted molar refractivity (Wildman–Crippen MR) is 114 cm³/mol. The normalized spacial score (nSPS) is 17.0. The standard InChI is InChI=1S/C23H27N3O4/c1-29-21-5-3-2-4-20(21)23(28)26-12-10-25(11-13-26)22(27)18-6-8-19(9-7-18)24-14-16-30-17-15-24/h2-9H,10-17H2,1H3. The van der Waals surface area contributed by atoms with E-state index in [0.717, 1.165) is 32.0 Å². The molecule has 2 aromatic carbocycles. The van der Waals surface area contributed by atoms with Gasteiger partial charge in [0.2, 0.25) is 0 Å². The number of carbonyl (C=O) groups excluding carboxylic acids is 2. The molecule has 0 aromatic heterocycles. The summed E-state index contributed by atoms with van der Waals surface area (Å²) in [4.78, 5) is 31.6. The van der Waals surface area contributed by atoms with Crippen molar-refractivity contribution in [2.45, 2.75) is 0 Å². The Bertz CT molecular complexity index is 886. The average molecular weight is 409 g/mol. The highest BCUT2D eigenvalue weighted by Crippen LogP contribution is 2.21. The molecule has 158 valence electrons. The highest BCUT2D eigenvalue weighted by Gasteiger charge is 2.27. The van der Waals surface area contributed by atoms with E-state index in [-0.39, 0.29) is 11.8 Å². The van der Waals surface area contributed by atoms with Gasteiger partial charge in [0.1, 0.15) is 5.75 Å². The Kier molecular flexibility index (Phi) is 6.18. The van der Waals surface area contributed by atoms with Crippen molar-refractivity contribution < 1.29 is 19.1 Å². The molecule has 2 heterocycles. The molecule has 2 aliphatic rings. The molecule has 0 atom stereocenters. The van der Waals surface area contributed by atoms with Crippen LogP contribution in [0.15, 0.2) is 48.5 Å². The third kappa shape index (κ3) is 4.26. The van der Waals surface area contributed by atoms with Gasteiger partial charge < -0.3 is 24.2 Å². The first-order valence-corrected chi connectivity index (χ1v) is 10.3. The summed E-state index contributed by atoms with van der Waals surface area (Å²) < 4.78 is 10.7. The van der Waals surface area contributed by atoms with Crippen LogP contribution in [0, 0.1) is 0 Å². The summed E-state index contributed by atoms with van der Waals surface area (Å²) in [6.45, 7) is 5.26. The number of methoxy groups -OCH3 is 1. The van der Waals surface area contributed by atoms with Gasteiger partial charge in [-0.2, -0.15) is 0 Å². The van der Waals surface area contributed by atoms with Crippen molar-refractivity contribution in [2.75, 3.05) is 64.5 Å². The maximum atomic E-state index is 12.9. The fraction of sp³-hybridized carbons (Fsp3) is 0.391. The fourth-order valence-electron chi connectivity index (χ4n) is 3.92. The number of carbonyl (C=O) groups is 2. The largest absolute Gasteiger partial charge is 0.496 e. The van der Waals surface area contributed by atoms with Crippen LogP contribution in [0.5, 0.6) is 5.75 Å². The van der Waals surface area contributed by atoms with Crippen molar-refractivity contribution in [1.82, 2.24) is 9.80 Å². The van der Waals surface area contributed by atoms with Gasteiger partial charge in [0.25, 0.3) is 11.8 Å². The molecular weight excluding hydrogens is 382 g/mol. The van der Waals surface area contributed by atoms with Crippen molar-refractivity contribution in [3.63, 3.8) is 0 Å². The second kappa shape index (κ2) is 9.17. The highest BCUT2D eigenvalue weighted by atomic mass is 16.5.